The molecule has 0 radical (unpaired) electrons. The second-order valence-corrected chi connectivity index (χ2v) is 6.33. The normalized spacial score (nSPS) is 24.3. The Hall–Kier alpha value is -0.530. The van der Waals surface area contributed by atoms with Crippen molar-refractivity contribution >= 4 is 11.6 Å². The first-order valence-corrected chi connectivity index (χ1v) is 8.03. The van der Waals surface area contributed by atoms with Crippen LogP contribution >= 0.6 is 11.6 Å². The lowest BCUT2D eigenvalue weighted by atomic mass is 9.75. The van der Waals surface area contributed by atoms with Gasteiger partial charge >= 0.3 is 0 Å². The molecule has 1 fully saturated rings. The van der Waals surface area contributed by atoms with E-state index >= 15 is 0 Å². The van der Waals surface area contributed by atoms with Gasteiger partial charge in [-0.1, -0.05) is 56.5 Å². The zero-order valence-electron chi connectivity index (χ0n) is 12.3. The van der Waals surface area contributed by atoms with E-state index in [9.17, 15) is 0 Å². The lowest BCUT2D eigenvalue weighted by Gasteiger charge is -2.40. The summed E-state index contributed by atoms with van der Waals surface area (Å²) in [7, 11) is 0. The monoisotopic (exact) mass is 279 g/mol. The Morgan fingerprint density at radius 3 is 2.42 bits per heavy atom. The van der Waals surface area contributed by atoms with Gasteiger partial charge in [0, 0.05) is 17.1 Å². The van der Waals surface area contributed by atoms with Gasteiger partial charge in [-0.15, -0.1) is 0 Å². The Kier molecular flexibility index (Phi) is 5.29. The molecule has 0 aliphatic heterocycles. The molecule has 1 nitrogen and oxygen atoms in total. The standard InChI is InChI=1S/C17H26ClN/c1-4-13(5-2)12(3)19-15-10-14(11-15)16-8-6-7-9-17(16)18/h6-9,12-15,19H,4-5,10-11H2,1-3H3. The predicted molar refractivity (Wildman–Crippen MR) is 83.9 cm³/mol. The Morgan fingerprint density at radius 1 is 1.21 bits per heavy atom. The van der Waals surface area contributed by atoms with Gasteiger partial charge < -0.3 is 5.32 Å². The van der Waals surface area contributed by atoms with Crippen LogP contribution in [0.1, 0.15) is 57.9 Å². The van der Waals surface area contributed by atoms with Crippen LogP contribution in [0.5, 0.6) is 0 Å². The molecule has 1 aliphatic rings. The smallest absolute Gasteiger partial charge is 0.0440 e. The second kappa shape index (κ2) is 6.76. The van der Waals surface area contributed by atoms with Gasteiger partial charge in [0.25, 0.3) is 0 Å². The topological polar surface area (TPSA) is 12.0 Å². The minimum atomic E-state index is 0.632. The number of halogens is 1. The molecular weight excluding hydrogens is 254 g/mol. The van der Waals surface area contributed by atoms with Crippen LogP contribution in [0.15, 0.2) is 24.3 Å². The van der Waals surface area contributed by atoms with Crippen molar-refractivity contribution in [2.75, 3.05) is 0 Å². The Bertz CT molecular complexity index is 394. The average Bonchev–Trinajstić information content (AvgIpc) is 2.36. The minimum absolute atomic E-state index is 0.632. The highest BCUT2D eigenvalue weighted by atomic mass is 35.5. The summed E-state index contributed by atoms with van der Waals surface area (Å²) in [5.41, 5.74) is 1.33. The van der Waals surface area contributed by atoms with E-state index in [0.717, 1.165) is 10.9 Å². The van der Waals surface area contributed by atoms with Crippen LogP contribution < -0.4 is 5.32 Å². The van der Waals surface area contributed by atoms with E-state index in [2.05, 4.69) is 38.2 Å². The SMILES string of the molecule is CCC(CC)C(C)NC1CC(c2ccccc2Cl)C1. The number of nitrogens with one attached hydrogen (secondary N) is 1. The van der Waals surface area contributed by atoms with E-state index in [1.54, 1.807) is 0 Å². The minimum Gasteiger partial charge on any atom is -0.311 e. The van der Waals surface area contributed by atoms with Crippen molar-refractivity contribution in [2.24, 2.45) is 5.92 Å². The van der Waals surface area contributed by atoms with Crippen LogP contribution in [0.25, 0.3) is 0 Å². The molecule has 0 bridgehead atoms. The molecule has 0 heterocycles. The largest absolute Gasteiger partial charge is 0.311 e. The van der Waals surface area contributed by atoms with Crippen LogP contribution in [0, 0.1) is 5.92 Å². The van der Waals surface area contributed by atoms with E-state index in [1.807, 2.05) is 12.1 Å². The summed E-state index contributed by atoms with van der Waals surface area (Å²) in [6, 6.07) is 9.59. The summed E-state index contributed by atoms with van der Waals surface area (Å²) < 4.78 is 0. The molecule has 106 valence electrons. The number of rotatable bonds is 6. The maximum atomic E-state index is 6.26. The molecule has 1 aromatic carbocycles. The summed E-state index contributed by atoms with van der Waals surface area (Å²) in [4.78, 5) is 0. The molecule has 1 N–H and O–H groups in total. The summed E-state index contributed by atoms with van der Waals surface area (Å²) in [6.07, 6.45) is 5.00. The summed E-state index contributed by atoms with van der Waals surface area (Å²) in [5.74, 6) is 1.46. The molecule has 1 atom stereocenters. The van der Waals surface area contributed by atoms with Gasteiger partial charge in [-0.2, -0.15) is 0 Å². The molecule has 2 rings (SSSR count). The predicted octanol–water partition coefficient (Wildman–Crippen LogP) is 5.00. The first-order valence-electron chi connectivity index (χ1n) is 7.66. The van der Waals surface area contributed by atoms with Gasteiger partial charge in [0.2, 0.25) is 0 Å². The molecule has 1 saturated carbocycles. The van der Waals surface area contributed by atoms with Crippen LogP contribution in [0.2, 0.25) is 5.02 Å². The first-order chi connectivity index (χ1) is 9.15. The highest BCUT2D eigenvalue weighted by Crippen LogP contribution is 2.40. The van der Waals surface area contributed by atoms with Crippen molar-refractivity contribution in [3.63, 3.8) is 0 Å². The molecular formula is C17H26ClN. The van der Waals surface area contributed by atoms with E-state index in [0.29, 0.717) is 18.0 Å². The van der Waals surface area contributed by atoms with Crippen molar-refractivity contribution < 1.29 is 0 Å². The fourth-order valence-corrected chi connectivity index (χ4v) is 3.61. The fourth-order valence-electron chi connectivity index (χ4n) is 3.32. The van der Waals surface area contributed by atoms with Gasteiger partial charge in [0.05, 0.1) is 0 Å². The highest BCUT2D eigenvalue weighted by Gasteiger charge is 2.32. The Balaban J connectivity index is 1.82. The van der Waals surface area contributed by atoms with Crippen LogP contribution in [-0.2, 0) is 0 Å². The Labute approximate surface area is 122 Å². The lowest BCUT2D eigenvalue weighted by molar-refractivity contribution is 0.232. The fraction of sp³-hybridized carbons (Fsp3) is 0.647. The quantitative estimate of drug-likeness (QED) is 0.773. The van der Waals surface area contributed by atoms with E-state index in [4.69, 9.17) is 11.6 Å². The van der Waals surface area contributed by atoms with Crippen LogP contribution in [0.3, 0.4) is 0 Å². The molecule has 0 aromatic heterocycles. The van der Waals surface area contributed by atoms with E-state index in [-0.39, 0.29) is 0 Å². The van der Waals surface area contributed by atoms with Gasteiger partial charge in [-0.05, 0) is 43.2 Å². The summed E-state index contributed by atoms with van der Waals surface area (Å²) in [5, 5.41) is 4.72. The van der Waals surface area contributed by atoms with Crippen molar-refractivity contribution in [2.45, 2.75) is 64.5 Å². The third kappa shape index (κ3) is 3.52. The molecule has 1 unspecified atom stereocenters. The van der Waals surface area contributed by atoms with Gasteiger partial charge in [-0.3, -0.25) is 0 Å². The second-order valence-electron chi connectivity index (χ2n) is 5.92. The third-order valence-corrected chi connectivity index (χ3v) is 5.08. The van der Waals surface area contributed by atoms with E-state index in [1.165, 1.54) is 31.2 Å². The van der Waals surface area contributed by atoms with E-state index < -0.39 is 0 Å². The molecule has 1 aliphatic carbocycles. The van der Waals surface area contributed by atoms with Gasteiger partial charge in [-0.25, -0.2) is 0 Å². The molecule has 0 saturated heterocycles. The van der Waals surface area contributed by atoms with Crippen molar-refractivity contribution in [1.82, 2.24) is 5.32 Å². The maximum absolute atomic E-state index is 6.26. The molecule has 19 heavy (non-hydrogen) atoms. The van der Waals surface area contributed by atoms with Crippen LogP contribution in [0.4, 0.5) is 0 Å². The summed E-state index contributed by atoms with van der Waals surface area (Å²) in [6.45, 7) is 6.92. The zero-order chi connectivity index (χ0) is 13.8. The number of hydrogen-bond donors (Lipinski definition) is 1. The van der Waals surface area contributed by atoms with Crippen LogP contribution in [-0.4, -0.2) is 12.1 Å². The number of hydrogen-bond acceptors (Lipinski definition) is 1. The van der Waals surface area contributed by atoms with Gasteiger partial charge in [0.15, 0.2) is 0 Å². The van der Waals surface area contributed by atoms with Crippen molar-refractivity contribution in [3.8, 4) is 0 Å². The number of benzene rings is 1. The molecule has 0 amide bonds. The molecule has 1 aromatic rings. The molecule has 2 heteroatoms. The average molecular weight is 280 g/mol. The lowest BCUT2D eigenvalue weighted by Crippen LogP contribution is -2.47. The van der Waals surface area contributed by atoms with Crippen molar-refractivity contribution in [1.29, 1.82) is 0 Å². The molecule has 0 spiro atoms. The zero-order valence-corrected chi connectivity index (χ0v) is 13.1. The maximum Gasteiger partial charge on any atom is 0.0440 e. The highest BCUT2D eigenvalue weighted by molar-refractivity contribution is 6.31. The third-order valence-electron chi connectivity index (χ3n) is 4.74. The summed E-state index contributed by atoms with van der Waals surface area (Å²) >= 11 is 6.26. The Morgan fingerprint density at radius 2 is 1.84 bits per heavy atom. The first kappa shape index (κ1) is 14.9. The van der Waals surface area contributed by atoms with Crippen molar-refractivity contribution in [3.05, 3.63) is 34.9 Å². The van der Waals surface area contributed by atoms with Gasteiger partial charge in [0.1, 0.15) is 0 Å².